The quantitative estimate of drug-likeness (QED) is 0.668. The number of hydrogen-bond acceptors (Lipinski definition) is 4. The number of hydrogen-bond donors (Lipinski definition) is 3. The van der Waals surface area contributed by atoms with Gasteiger partial charge < -0.3 is 21.3 Å². The fourth-order valence-electron chi connectivity index (χ4n) is 1.48. The van der Waals surface area contributed by atoms with Gasteiger partial charge in [0.25, 0.3) is 0 Å². The second-order valence-corrected chi connectivity index (χ2v) is 3.56. The van der Waals surface area contributed by atoms with Gasteiger partial charge in [-0.15, -0.1) is 0 Å². The Morgan fingerprint density at radius 1 is 1.47 bits per heavy atom. The lowest BCUT2D eigenvalue weighted by molar-refractivity contribution is 0.153. The highest BCUT2D eigenvalue weighted by molar-refractivity contribution is 5.37. The van der Waals surface area contributed by atoms with E-state index >= 15 is 0 Å². The zero-order valence-electron chi connectivity index (χ0n) is 9.10. The van der Waals surface area contributed by atoms with Gasteiger partial charge in [0.2, 0.25) is 0 Å². The molecule has 0 bridgehead atoms. The molecule has 0 saturated heterocycles. The van der Waals surface area contributed by atoms with Crippen molar-refractivity contribution in [3.05, 3.63) is 29.3 Å². The molecule has 1 aromatic rings. The van der Waals surface area contributed by atoms with Crippen LogP contribution in [0.2, 0.25) is 0 Å². The van der Waals surface area contributed by atoms with E-state index in [1.54, 1.807) is 7.11 Å². The summed E-state index contributed by atoms with van der Waals surface area (Å²) in [6.45, 7) is 2.09. The number of aliphatic hydroxyl groups is 1. The predicted molar refractivity (Wildman–Crippen MR) is 59.7 cm³/mol. The molecule has 1 rings (SSSR count). The minimum Gasteiger partial charge on any atom is -0.496 e. The fourth-order valence-corrected chi connectivity index (χ4v) is 1.48. The summed E-state index contributed by atoms with van der Waals surface area (Å²) in [6.07, 6.45) is -0.710. The summed E-state index contributed by atoms with van der Waals surface area (Å²) in [5.41, 5.74) is 13.1. The largest absolute Gasteiger partial charge is 0.496 e. The first-order valence-electron chi connectivity index (χ1n) is 4.88. The van der Waals surface area contributed by atoms with E-state index < -0.39 is 12.1 Å². The highest BCUT2D eigenvalue weighted by Crippen LogP contribution is 2.22. The second-order valence-electron chi connectivity index (χ2n) is 3.56. The number of benzene rings is 1. The summed E-state index contributed by atoms with van der Waals surface area (Å²) in [4.78, 5) is 0. The van der Waals surface area contributed by atoms with E-state index in [1.165, 1.54) is 0 Å². The summed E-state index contributed by atoms with van der Waals surface area (Å²) < 4.78 is 5.14. The third-order valence-electron chi connectivity index (χ3n) is 2.46. The first-order valence-corrected chi connectivity index (χ1v) is 4.88. The van der Waals surface area contributed by atoms with Gasteiger partial charge in [-0.2, -0.15) is 0 Å². The van der Waals surface area contributed by atoms with Crippen LogP contribution >= 0.6 is 0 Å². The average Bonchev–Trinajstić information content (AvgIpc) is 2.26. The Labute approximate surface area is 89.8 Å². The molecule has 1 aromatic carbocycles. The van der Waals surface area contributed by atoms with Gasteiger partial charge in [-0.25, -0.2) is 0 Å². The van der Waals surface area contributed by atoms with Crippen LogP contribution in [-0.4, -0.2) is 24.9 Å². The van der Waals surface area contributed by atoms with E-state index in [-0.39, 0.29) is 6.54 Å². The van der Waals surface area contributed by atoms with Crippen LogP contribution in [0.25, 0.3) is 0 Å². The number of nitrogens with two attached hydrogens (primary N) is 2. The van der Waals surface area contributed by atoms with E-state index in [2.05, 4.69) is 0 Å². The van der Waals surface area contributed by atoms with E-state index in [9.17, 15) is 5.11 Å². The van der Waals surface area contributed by atoms with Crippen molar-refractivity contribution < 1.29 is 9.84 Å². The SMILES string of the molecule is COc1ccc(C(N)C(O)CN)cc1C. The van der Waals surface area contributed by atoms with Crippen molar-refractivity contribution in [2.75, 3.05) is 13.7 Å². The van der Waals surface area contributed by atoms with Gasteiger partial charge in [-0.3, -0.25) is 0 Å². The van der Waals surface area contributed by atoms with Crippen molar-refractivity contribution in [2.24, 2.45) is 11.5 Å². The van der Waals surface area contributed by atoms with Crippen molar-refractivity contribution >= 4 is 0 Å². The molecule has 4 heteroatoms. The molecule has 0 radical (unpaired) electrons. The Balaban J connectivity index is 2.92. The molecule has 2 atom stereocenters. The molecule has 0 heterocycles. The Hall–Kier alpha value is -1.10. The molecule has 84 valence electrons. The van der Waals surface area contributed by atoms with Crippen LogP contribution in [0.1, 0.15) is 17.2 Å². The second kappa shape index (κ2) is 5.11. The number of ether oxygens (including phenoxy) is 1. The van der Waals surface area contributed by atoms with E-state index in [4.69, 9.17) is 16.2 Å². The summed E-state index contributed by atoms with van der Waals surface area (Å²) >= 11 is 0. The molecule has 2 unspecified atom stereocenters. The van der Waals surface area contributed by atoms with Crippen LogP contribution in [0.3, 0.4) is 0 Å². The molecular weight excluding hydrogens is 192 g/mol. The van der Waals surface area contributed by atoms with Crippen molar-refractivity contribution in [2.45, 2.75) is 19.1 Å². The Kier molecular flexibility index (Phi) is 4.08. The standard InChI is InChI=1S/C11H18N2O2/c1-7-5-8(3-4-10(7)15-2)11(13)9(14)6-12/h3-5,9,11,14H,6,12-13H2,1-2H3. The average molecular weight is 210 g/mol. The summed E-state index contributed by atoms with van der Waals surface area (Å²) in [6, 6.07) is 5.14. The number of aryl methyl sites for hydroxylation is 1. The lowest BCUT2D eigenvalue weighted by Gasteiger charge is -2.18. The number of rotatable bonds is 4. The van der Waals surface area contributed by atoms with E-state index in [0.717, 1.165) is 16.9 Å². The van der Waals surface area contributed by atoms with Gasteiger partial charge in [-0.05, 0) is 24.1 Å². The van der Waals surface area contributed by atoms with Crippen molar-refractivity contribution in [1.82, 2.24) is 0 Å². The minimum atomic E-state index is -0.710. The van der Waals surface area contributed by atoms with Gasteiger partial charge in [0.05, 0.1) is 19.3 Å². The van der Waals surface area contributed by atoms with Crippen LogP contribution < -0.4 is 16.2 Å². The van der Waals surface area contributed by atoms with Gasteiger partial charge in [0.15, 0.2) is 0 Å². The summed E-state index contributed by atoms with van der Waals surface area (Å²) in [7, 11) is 1.62. The molecule has 0 spiro atoms. The lowest BCUT2D eigenvalue weighted by Crippen LogP contribution is -2.32. The van der Waals surface area contributed by atoms with Crippen LogP contribution in [0, 0.1) is 6.92 Å². The smallest absolute Gasteiger partial charge is 0.121 e. The molecular formula is C11H18N2O2. The van der Waals surface area contributed by atoms with Crippen molar-refractivity contribution in [3.8, 4) is 5.75 Å². The molecule has 4 nitrogen and oxygen atoms in total. The van der Waals surface area contributed by atoms with Gasteiger partial charge >= 0.3 is 0 Å². The predicted octanol–water partition coefficient (Wildman–Crippen LogP) is 0.323. The third kappa shape index (κ3) is 2.68. The monoisotopic (exact) mass is 210 g/mol. The van der Waals surface area contributed by atoms with E-state index in [0.29, 0.717) is 0 Å². The molecule has 0 aliphatic carbocycles. The maximum Gasteiger partial charge on any atom is 0.121 e. The zero-order valence-corrected chi connectivity index (χ0v) is 9.10. The maximum atomic E-state index is 9.52. The molecule has 15 heavy (non-hydrogen) atoms. The molecule has 0 aliphatic rings. The summed E-state index contributed by atoms with van der Waals surface area (Å²) in [5.74, 6) is 0.813. The minimum absolute atomic E-state index is 0.159. The normalized spacial score (nSPS) is 14.7. The van der Waals surface area contributed by atoms with Crippen LogP contribution in [-0.2, 0) is 0 Å². The van der Waals surface area contributed by atoms with Crippen molar-refractivity contribution in [3.63, 3.8) is 0 Å². The third-order valence-corrected chi connectivity index (χ3v) is 2.46. The maximum absolute atomic E-state index is 9.52. The Morgan fingerprint density at radius 3 is 2.60 bits per heavy atom. The lowest BCUT2D eigenvalue weighted by atomic mass is 10.00. The van der Waals surface area contributed by atoms with Gasteiger partial charge in [0.1, 0.15) is 5.75 Å². The van der Waals surface area contributed by atoms with Crippen LogP contribution in [0.5, 0.6) is 5.75 Å². The topological polar surface area (TPSA) is 81.5 Å². The molecule has 0 aromatic heterocycles. The zero-order chi connectivity index (χ0) is 11.4. The number of aliphatic hydroxyl groups excluding tert-OH is 1. The van der Waals surface area contributed by atoms with Crippen LogP contribution in [0.4, 0.5) is 0 Å². The number of methoxy groups -OCH3 is 1. The molecule has 5 N–H and O–H groups in total. The molecule has 0 fully saturated rings. The molecule has 0 saturated carbocycles. The Bertz CT molecular complexity index is 328. The molecule has 0 aliphatic heterocycles. The Morgan fingerprint density at radius 2 is 2.13 bits per heavy atom. The molecule has 0 amide bonds. The van der Waals surface area contributed by atoms with Crippen LogP contribution in [0.15, 0.2) is 18.2 Å². The first-order chi connectivity index (χ1) is 7.10. The fraction of sp³-hybridized carbons (Fsp3) is 0.455. The highest BCUT2D eigenvalue weighted by atomic mass is 16.5. The van der Waals surface area contributed by atoms with Gasteiger partial charge in [0, 0.05) is 6.54 Å². The summed E-state index contributed by atoms with van der Waals surface area (Å²) in [5, 5.41) is 9.52. The van der Waals surface area contributed by atoms with E-state index in [1.807, 2.05) is 25.1 Å². The first kappa shape index (κ1) is 12.0. The van der Waals surface area contributed by atoms with Gasteiger partial charge in [-0.1, -0.05) is 12.1 Å². The highest BCUT2D eigenvalue weighted by Gasteiger charge is 2.15. The van der Waals surface area contributed by atoms with Crippen molar-refractivity contribution in [1.29, 1.82) is 0 Å².